The van der Waals surface area contributed by atoms with Gasteiger partial charge >= 0.3 is 0 Å². The fourth-order valence-corrected chi connectivity index (χ4v) is 5.21. The summed E-state index contributed by atoms with van der Waals surface area (Å²) < 4.78 is 42.0. The number of nitrogens with zero attached hydrogens (tertiary/aromatic N) is 2. The van der Waals surface area contributed by atoms with Crippen LogP contribution >= 0.6 is 15.9 Å². The van der Waals surface area contributed by atoms with E-state index in [0.717, 1.165) is 33.4 Å². The van der Waals surface area contributed by atoms with Crippen molar-refractivity contribution >= 4 is 43.5 Å². The molecule has 0 aliphatic rings. The van der Waals surface area contributed by atoms with Crippen molar-refractivity contribution in [2.24, 2.45) is 0 Å². The van der Waals surface area contributed by atoms with E-state index >= 15 is 0 Å². The van der Waals surface area contributed by atoms with Crippen LogP contribution in [-0.4, -0.2) is 50.5 Å². The van der Waals surface area contributed by atoms with Gasteiger partial charge in [-0.15, -0.1) is 0 Å². The molecule has 1 N–H and O–H groups in total. The standard InChI is InChI=1S/C29H33BrFN3O4S/c1-3-4-18-32-29(36)27(19-22-10-6-5-7-11-22)33(20-23-12-8-9-13-26(23)31)28(35)21-34(39(2,37)38)25-16-14-24(30)15-17-25/h5-17,27H,3-4,18-21H2,1-2H3,(H,32,36)/t27-/m1/s1. The van der Waals surface area contributed by atoms with Gasteiger partial charge in [0.25, 0.3) is 0 Å². The fourth-order valence-electron chi connectivity index (χ4n) is 4.09. The summed E-state index contributed by atoms with van der Waals surface area (Å²) >= 11 is 3.33. The molecule has 0 heterocycles. The molecule has 0 spiro atoms. The van der Waals surface area contributed by atoms with Crippen LogP contribution in [0.15, 0.2) is 83.3 Å². The Kier molecular flexibility index (Phi) is 11.1. The highest BCUT2D eigenvalue weighted by molar-refractivity contribution is 9.10. The van der Waals surface area contributed by atoms with E-state index in [9.17, 15) is 22.4 Å². The number of carbonyl (C=O) groups is 2. The summed E-state index contributed by atoms with van der Waals surface area (Å²) in [6.07, 6.45) is 2.83. The second kappa shape index (κ2) is 14.2. The number of amides is 2. The number of rotatable bonds is 13. The van der Waals surface area contributed by atoms with Crippen molar-refractivity contribution in [3.8, 4) is 0 Å². The first kappa shape index (κ1) is 30.3. The van der Waals surface area contributed by atoms with Gasteiger partial charge in [-0.05, 0) is 42.3 Å². The zero-order valence-corrected chi connectivity index (χ0v) is 24.4. The van der Waals surface area contributed by atoms with Crippen molar-refractivity contribution in [3.05, 3.63) is 100 Å². The fraction of sp³-hybridized carbons (Fsp3) is 0.310. The third kappa shape index (κ3) is 8.90. The first-order valence-corrected chi connectivity index (χ1v) is 15.3. The molecule has 0 fully saturated rings. The molecular weight excluding hydrogens is 585 g/mol. The minimum Gasteiger partial charge on any atom is -0.354 e. The number of benzene rings is 3. The van der Waals surface area contributed by atoms with Crippen LogP contribution in [0.3, 0.4) is 0 Å². The van der Waals surface area contributed by atoms with Crippen LogP contribution < -0.4 is 9.62 Å². The molecule has 0 saturated carbocycles. The van der Waals surface area contributed by atoms with E-state index in [4.69, 9.17) is 0 Å². The maximum Gasteiger partial charge on any atom is 0.244 e. The van der Waals surface area contributed by atoms with Crippen molar-refractivity contribution in [1.82, 2.24) is 10.2 Å². The highest BCUT2D eigenvalue weighted by Gasteiger charge is 2.33. The molecule has 208 valence electrons. The van der Waals surface area contributed by atoms with E-state index in [1.54, 1.807) is 42.5 Å². The Hall–Kier alpha value is -3.24. The van der Waals surface area contributed by atoms with E-state index in [2.05, 4.69) is 21.2 Å². The van der Waals surface area contributed by atoms with Crippen molar-refractivity contribution in [3.63, 3.8) is 0 Å². The van der Waals surface area contributed by atoms with Gasteiger partial charge in [-0.25, -0.2) is 12.8 Å². The lowest BCUT2D eigenvalue weighted by Gasteiger charge is -2.33. The summed E-state index contributed by atoms with van der Waals surface area (Å²) in [7, 11) is -3.87. The number of sulfonamides is 1. The number of unbranched alkanes of at least 4 members (excludes halogenated alkanes) is 1. The molecule has 3 aromatic carbocycles. The Labute approximate surface area is 238 Å². The lowest BCUT2D eigenvalue weighted by Crippen LogP contribution is -2.53. The molecule has 0 aliphatic carbocycles. The lowest BCUT2D eigenvalue weighted by molar-refractivity contribution is -0.140. The molecule has 0 aromatic heterocycles. The number of hydrogen-bond acceptors (Lipinski definition) is 4. The molecule has 0 radical (unpaired) electrons. The molecule has 3 rings (SSSR count). The third-order valence-electron chi connectivity index (χ3n) is 6.19. The van der Waals surface area contributed by atoms with Crippen LogP contribution in [0.25, 0.3) is 0 Å². The second-order valence-corrected chi connectivity index (χ2v) is 12.0. The summed E-state index contributed by atoms with van der Waals surface area (Å²) in [6.45, 7) is 1.67. The molecule has 0 unspecified atom stereocenters. The van der Waals surface area contributed by atoms with E-state index in [0.29, 0.717) is 12.2 Å². The molecule has 0 bridgehead atoms. The molecule has 2 amide bonds. The van der Waals surface area contributed by atoms with Crippen molar-refractivity contribution < 1.29 is 22.4 Å². The van der Waals surface area contributed by atoms with Gasteiger partial charge in [0.15, 0.2) is 0 Å². The van der Waals surface area contributed by atoms with Gasteiger partial charge < -0.3 is 10.2 Å². The SMILES string of the molecule is CCCCNC(=O)[C@@H](Cc1ccccc1)N(Cc1ccccc1F)C(=O)CN(c1ccc(Br)cc1)S(C)(=O)=O. The molecule has 0 saturated heterocycles. The third-order valence-corrected chi connectivity index (χ3v) is 7.86. The molecule has 3 aromatic rings. The van der Waals surface area contributed by atoms with Gasteiger partial charge in [-0.2, -0.15) is 0 Å². The number of carbonyl (C=O) groups excluding carboxylic acids is 2. The van der Waals surface area contributed by atoms with Crippen molar-refractivity contribution in [2.75, 3.05) is 23.7 Å². The Morgan fingerprint density at radius 1 is 0.974 bits per heavy atom. The van der Waals surface area contributed by atoms with Gasteiger partial charge in [-0.1, -0.05) is 77.8 Å². The first-order valence-electron chi connectivity index (χ1n) is 12.7. The predicted octanol–water partition coefficient (Wildman–Crippen LogP) is 4.91. The summed E-state index contributed by atoms with van der Waals surface area (Å²) in [4.78, 5) is 28.7. The average molecular weight is 619 g/mol. The van der Waals surface area contributed by atoms with Gasteiger partial charge in [0.1, 0.15) is 18.4 Å². The van der Waals surface area contributed by atoms with Gasteiger partial charge in [0.05, 0.1) is 11.9 Å². The summed E-state index contributed by atoms with van der Waals surface area (Å²) in [5.74, 6) is -1.53. The minimum absolute atomic E-state index is 0.177. The highest BCUT2D eigenvalue weighted by atomic mass is 79.9. The van der Waals surface area contributed by atoms with Gasteiger partial charge in [0.2, 0.25) is 21.8 Å². The molecule has 39 heavy (non-hydrogen) atoms. The normalized spacial score (nSPS) is 12.0. The smallest absolute Gasteiger partial charge is 0.244 e. The molecular formula is C29H33BrFN3O4S. The summed E-state index contributed by atoms with van der Waals surface area (Å²) in [6, 6.07) is 20.8. The maximum atomic E-state index is 14.8. The maximum absolute atomic E-state index is 14.8. The van der Waals surface area contributed by atoms with Crippen LogP contribution in [0.2, 0.25) is 0 Å². The summed E-state index contributed by atoms with van der Waals surface area (Å²) in [5.41, 5.74) is 1.33. The van der Waals surface area contributed by atoms with E-state index in [1.807, 2.05) is 37.3 Å². The predicted molar refractivity (Wildman–Crippen MR) is 155 cm³/mol. The Bertz CT molecular complexity index is 1350. The van der Waals surface area contributed by atoms with Crippen LogP contribution in [0, 0.1) is 5.82 Å². The highest BCUT2D eigenvalue weighted by Crippen LogP contribution is 2.23. The lowest BCUT2D eigenvalue weighted by atomic mass is 10.0. The van der Waals surface area contributed by atoms with Gasteiger partial charge in [-0.3, -0.25) is 13.9 Å². The van der Waals surface area contributed by atoms with Crippen molar-refractivity contribution in [1.29, 1.82) is 0 Å². The Morgan fingerprint density at radius 3 is 2.23 bits per heavy atom. The number of anilines is 1. The Morgan fingerprint density at radius 2 is 1.62 bits per heavy atom. The van der Waals surface area contributed by atoms with Crippen LogP contribution in [0.5, 0.6) is 0 Å². The zero-order valence-electron chi connectivity index (χ0n) is 22.0. The Balaban J connectivity index is 2.03. The number of halogens is 2. The van der Waals surface area contributed by atoms with E-state index in [-0.39, 0.29) is 24.4 Å². The minimum atomic E-state index is -3.87. The molecule has 7 nitrogen and oxygen atoms in total. The molecule has 1 atom stereocenters. The zero-order chi connectivity index (χ0) is 28.4. The van der Waals surface area contributed by atoms with Crippen LogP contribution in [0.1, 0.15) is 30.9 Å². The quantitative estimate of drug-likeness (QED) is 0.276. The first-order chi connectivity index (χ1) is 18.6. The number of hydrogen-bond donors (Lipinski definition) is 1. The molecule has 0 aliphatic heterocycles. The summed E-state index contributed by atoms with van der Waals surface area (Å²) in [5, 5.41) is 2.90. The van der Waals surface area contributed by atoms with Crippen LogP contribution in [-0.2, 0) is 32.6 Å². The van der Waals surface area contributed by atoms with Crippen molar-refractivity contribution in [2.45, 2.75) is 38.8 Å². The second-order valence-electron chi connectivity index (χ2n) is 9.21. The largest absolute Gasteiger partial charge is 0.354 e. The van der Waals surface area contributed by atoms with E-state index in [1.165, 1.54) is 11.0 Å². The van der Waals surface area contributed by atoms with Gasteiger partial charge in [0, 0.05) is 29.5 Å². The monoisotopic (exact) mass is 617 g/mol. The molecule has 10 heteroatoms. The average Bonchev–Trinajstić information content (AvgIpc) is 2.91. The van der Waals surface area contributed by atoms with E-state index < -0.39 is 34.3 Å². The topological polar surface area (TPSA) is 86.8 Å². The van der Waals surface area contributed by atoms with Crippen LogP contribution in [0.4, 0.5) is 10.1 Å². The number of nitrogens with one attached hydrogen (secondary N) is 1.